The van der Waals surface area contributed by atoms with Gasteiger partial charge in [-0.05, 0) is 31.5 Å². The van der Waals surface area contributed by atoms with Crippen molar-refractivity contribution in [2.45, 2.75) is 63.4 Å². The summed E-state index contributed by atoms with van der Waals surface area (Å²) in [5.41, 5.74) is 1.04. The Bertz CT molecular complexity index is 697. The molecule has 1 saturated carbocycles. The van der Waals surface area contributed by atoms with E-state index in [0.29, 0.717) is 24.5 Å². The molecule has 0 bridgehead atoms. The van der Waals surface area contributed by atoms with Crippen molar-refractivity contribution in [3.63, 3.8) is 0 Å². The van der Waals surface area contributed by atoms with Gasteiger partial charge in [-0.15, -0.1) is 0 Å². The quantitative estimate of drug-likeness (QED) is 0.720. The molecule has 5 nitrogen and oxygen atoms in total. The van der Waals surface area contributed by atoms with Gasteiger partial charge in [0.2, 0.25) is 0 Å². The van der Waals surface area contributed by atoms with Crippen LogP contribution in [-0.2, 0) is 23.4 Å². The molecular formula is C21H30O5Si. The molecule has 0 spiro atoms. The van der Waals surface area contributed by atoms with E-state index in [9.17, 15) is 0 Å². The highest BCUT2D eigenvalue weighted by molar-refractivity contribution is 6.71. The second kappa shape index (κ2) is 6.37. The maximum absolute atomic E-state index is 6.56. The molecule has 1 aromatic rings. The van der Waals surface area contributed by atoms with Crippen LogP contribution in [0.25, 0.3) is 0 Å². The third kappa shape index (κ3) is 2.84. The van der Waals surface area contributed by atoms with E-state index in [1.807, 2.05) is 18.2 Å². The molecule has 148 valence electrons. The number of hydrogen-bond donors (Lipinski definition) is 0. The van der Waals surface area contributed by atoms with Crippen LogP contribution < -0.4 is 0 Å². The Labute approximate surface area is 162 Å². The number of fused-ring (bicyclic) bond motifs is 5. The number of methoxy groups -OCH3 is 1. The van der Waals surface area contributed by atoms with Gasteiger partial charge in [0.15, 0.2) is 20.9 Å². The summed E-state index contributed by atoms with van der Waals surface area (Å²) in [7, 11) is 0.184. The monoisotopic (exact) mass is 390 g/mol. The van der Waals surface area contributed by atoms with Crippen molar-refractivity contribution < 1.29 is 23.4 Å². The molecule has 4 aliphatic rings. The topological polar surface area (TPSA) is 46.2 Å². The highest BCUT2D eigenvalue weighted by Crippen LogP contribution is 2.62. The molecule has 4 fully saturated rings. The van der Waals surface area contributed by atoms with E-state index in [1.54, 1.807) is 7.11 Å². The minimum Gasteiger partial charge on any atom is -0.414 e. The molecule has 5 rings (SSSR count). The summed E-state index contributed by atoms with van der Waals surface area (Å²) >= 11 is 0. The lowest BCUT2D eigenvalue weighted by molar-refractivity contribution is -0.359. The molecule has 3 aliphatic heterocycles. The lowest BCUT2D eigenvalue weighted by Gasteiger charge is -2.54. The SMILES string of the molecule is CO[C@H]1OC2CO[C@H](c3ccccc3)OC2[C@]2(C)C[C@H]3O[Si](C)(C)C[C@H]3[C@H]12. The minimum absolute atomic E-state index is 0.00756. The number of ether oxygens (including phenoxy) is 4. The van der Waals surface area contributed by atoms with Gasteiger partial charge in [0.1, 0.15) is 6.10 Å². The van der Waals surface area contributed by atoms with E-state index in [0.717, 1.165) is 12.0 Å². The van der Waals surface area contributed by atoms with Gasteiger partial charge in [0, 0.05) is 30.1 Å². The summed E-state index contributed by atoms with van der Waals surface area (Å²) in [6.07, 6.45) is 0.679. The molecular weight excluding hydrogens is 360 g/mol. The summed E-state index contributed by atoms with van der Waals surface area (Å²) in [4.78, 5) is 0. The van der Waals surface area contributed by atoms with Gasteiger partial charge in [-0.1, -0.05) is 37.3 Å². The van der Waals surface area contributed by atoms with Gasteiger partial charge in [-0.2, -0.15) is 0 Å². The van der Waals surface area contributed by atoms with Crippen molar-refractivity contribution in [3.8, 4) is 0 Å². The predicted molar refractivity (Wildman–Crippen MR) is 103 cm³/mol. The lowest BCUT2D eigenvalue weighted by atomic mass is 9.69. The summed E-state index contributed by atoms with van der Waals surface area (Å²) < 4.78 is 31.3. The van der Waals surface area contributed by atoms with Crippen LogP contribution in [0, 0.1) is 17.3 Å². The van der Waals surface area contributed by atoms with Gasteiger partial charge in [0.25, 0.3) is 0 Å². The van der Waals surface area contributed by atoms with Crippen LogP contribution in [0.4, 0.5) is 0 Å². The molecule has 3 heterocycles. The van der Waals surface area contributed by atoms with Gasteiger partial charge >= 0.3 is 0 Å². The fourth-order valence-corrected chi connectivity index (χ4v) is 8.96. The Hall–Kier alpha value is -0.763. The maximum atomic E-state index is 6.56. The highest BCUT2D eigenvalue weighted by Gasteiger charge is 2.67. The first-order valence-electron chi connectivity index (χ1n) is 10.1. The molecule has 0 radical (unpaired) electrons. The van der Waals surface area contributed by atoms with Crippen molar-refractivity contribution in [3.05, 3.63) is 35.9 Å². The van der Waals surface area contributed by atoms with Gasteiger partial charge < -0.3 is 23.4 Å². The van der Waals surface area contributed by atoms with Crippen LogP contribution in [-0.4, -0.2) is 46.6 Å². The van der Waals surface area contributed by atoms with E-state index >= 15 is 0 Å². The van der Waals surface area contributed by atoms with Crippen molar-refractivity contribution >= 4 is 8.32 Å². The normalized spacial score (nSPS) is 47.9. The first-order chi connectivity index (χ1) is 12.9. The molecule has 27 heavy (non-hydrogen) atoms. The smallest absolute Gasteiger partial charge is 0.187 e. The van der Waals surface area contributed by atoms with Gasteiger partial charge in [0.05, 0.1) is 12.7 Å². The van der Waals surface area contributed by atoms with Gasteiger partial charge in [-0.3, -0.25) is 0 Å². The molecule has 1 aliphatic carbocycles. The van der Waals surface area contributed by atoms with Crippen LogP contribution in [0.1, 0.15) is 25.2 Å². The lowest BCUT2D eigenvalue weighted by Crippen LogP contribution is -2.61. The Morgan fingerprint density at radius 3 is 2.63 bits per heavy atom. The average molecular weight is 391 g/mol. The highest BCUT2D eigenvalue weighted by atomic mass is 28.4. The molecule has 0 aromatic heterocycles. The molecule has 0 amide bonds. The Morgan fingerprint density at radius 1 is 1.11 bits per heavy atom. The number of hydrogen-bond acceptors (Lipinski definition) is 5. The molecule has 0 N–H and O–H groups in total. The van der Waals surface area contributed by atoms with Crippen molar-refractivity contribution in [2.75, 3.05) is 13.7 Å². The third-order valence-electron chi connectivity index (χ3n) is 7.11. The third-order valence-corrected chi connectivity index (χ3v) is 9.51. The fourth-order valence-electron chi connectivity index (χ4n) is 6.14. The van der Waals surface area contributed by atoms with E-state index < -0.39 is 8.32 Å². The summed E-state index contributed by atoms with van der Waals surface area (Å²) in [5.74, 6) is 0.807. The predicted octanol–water partition coefficient (Wildman–Crippen LogP) is 3.72. The standard InChI is InChI=1S/C21H30O5Si/c1-21-10-15-14(12-27(3,4)26-15)17(21)20(22-2)24-16-11-23-19(25-18(16)21)13-8-6-5-7-9-13/h5-9,14-20H,10-12H2,1-4H3/t14-,15-,16?,17-,18?,19+,20+,21-/m1/s1. The van der Waals surface area contributed by atoms with Crippen LogP contribution in [0.15, 0.2) is 30.3 Å². The molecule has 3 saturated heterocycles. The van der Waals surface area contributed by atoms with E-state index in [-0.39, 0.29) is 30.2 Å². The Kier molecular flexibility index (Phi) is 4.31. The molecule has 6 heteroatoms. The summed E-state index contributed by atoms with van der Waals surface area (Å²) in [6.45, 7) is 7.54. The molecule has 8 atom stereocenters. The average Bonchev–Trinajstić information content (AvgIpc) is 3.09. The van der Waals surface area contributed by atoms with Crippen molar-refractivity contribution in [2.24, 2.45) is 17.3 Å². The van der Waals surface area contributed by atoms with Gasteiger partial charge in [-0.25, -0.2) is 0 Å². The Morgan fingerprint density at radius 2 is 1.89 bits per heavy atom. The zero-order valence-electron chi connectivity index (χ0n) is 16.6. The van der Waals surface area contributed by atoms with Crippen LogP contribution in [0.2, 0.25) is 19.1 Å². The summed E-state index contributed by atoms with van der Waals surface area (Å²) in [5, 5.41) is 0. The zero-order valence-corrected chi connectivity index (χ0v) is 17.6. The second-order valence-corrected chi connectivity index (χ2v) is 13.6. The first-order valence-corrected chi connectivity index (χ1v) is 13.2. The van der Waals surface area contributed by atoms with Crippen molar-refractivity contribution in [1.82, 2.24) is 0 Å². The number of benzene rings is 1. The largest absolute Gasteiger partial charge is 0.414 e. The van der Waals surface area contributed by atoms with Crippen LogP contribution >= 0.6 is 0 Å². The molecule has 2 unspecified atom stereocenters. The van der Waals surface area contributed by atoms with E-state index in [4.69, 9.17) is 23.4 Å². The fraction of sp³-hybridized carbons (Fsp3) is 0.714. The van der Waals surface area contributed by atoms with Crippen LogP contribution in [0.5, 0.6) is 0 Å². The number of rotatable bonds is 2. The minimum atomic E-state index is -1.57. The van der Waals surface area contributed by atoms with Crippen molar-refractivity contribution in [1.29, 1.82) is 0 Å². The molecule has 1 aromatic carbocycles. The zero-order chi connectivity index (χ0) is 18.8. The van der Waals surface area contributed by atoms with E-state index in [2.05, 4.69) is 32.2 Å². The second-order valence-electron chi connectivity index (χ2n) is 9.43. The summed E-state index contributed by atoms with van der Waals surface area (Å²) in [6, 6.07) is 11.4. The van der Waals surface area contributed by atoms with E-state index in [1.165, 1.54) is 6.04 Å². The Balaban J connectivity index is 1.45. The maximum Gasteiger partial charge on any atom is 0.187 e. The first kappa shape index (κ1) is 18.3. The van der Waals surface area contributed by atoms with Crippen LogP contribution in [0.3, 0.4) is 0 Å².